The van der Waals surface area contributed by atoms with Gasteiger partial charge in [0.05, 0.1) is 13.5 Å². The molecule has 1 saturated heterocycles. The smallest absolute Gasteiger partial charge is 0.270 e. The van der Waals surface area contributed by atoms with E-state index in [1.165, 1.54) is 19.2 Å². The molecule has 0 saturated carbocycles. The van der Waals surface area contributed by atoms with Gasteiger partial charge in [0.15, 0.2) is 11.6 Å². The molecule has 0 atom stereocenters. The van der Waals surface area contributed by atoms with Crippen LogP contribution in [0, 0.1) is 5.82 Å². The summed E-state index contributed by atoms with van der Waals surface area (Å²) in [6.45, 7) is 1.93. The van der Waals surface area contributed by atoms with E-state index in [0.717, 1.165) is 0 Å². The maximum Gasteiger partial charge on any atom is 0.270 e. The van der Waals surface area contributed by atoms with E-state index in [9.17, 15) is 14.0 Å². The minimum atomic E-state index is -0.478. The van der Waals surface area contributed by atoms with Crippen molar-refractivity contribution in [1.29, 1.82) is 0 Å². The van der Waals surface area contributed by atoms with Crippen molar-refractivity contribution in [3.05, 3.63) is 53.6 Å². The maximum absolute atomic E-state index is 13.7. The zero-order chi connectivity index (χ0) is 17.8. The molecule has 1 aromatic heterocycles. The van der Waals surface area contributed by atoms with E-state index in [2.05, 4.69) is 4.98 Å². The number of amides is 2. The van der Waals surface area contributed by atoms with Crippen molar-refractivity contribution < 1.29 is 18.7 Å². The first-order valence-corrected chi connectivity index (χ1v) is 8.11. The highest BCUT2D eigenvalue weighted by molar-refractivity contribution is 5.92. The summed E-state index contributed by atoms with van der Waals surface area (Å²) < 4.78 is 18.6. The van der Waals surface area contributed by atoms with E-state index in [1.807, 2.05) is 0 Å². The van der Waals surface area contributed by atoms with Crippen LogP contribution in [0.4, 0.5) is 4.39 Å². The van der Waals surface area contributed by atoms with Crippen LogP contribution in [-0.4, -0.2) is 59.9 Å². The van der Waals surface area contributed by atoms with Gasteiger partial charge >= 0.3 is 0 Å². The van der Waals surface area contributed by atoms with E-state index in [4.69, 9.17) is 4.74 Å². The number of H-pyrrole nitrogens is 1. The number of rotatable bonds is 4. The number of ether oxygens (including phenoxy) is 1. The molecule has 0 bridgehead atoms. The fourth-order valence-electron chi connectivity index (χ4n) is 2.90. The third-order valence-corrected chi connectivity index (χ3v) is 4.32. The number of nitrogens with one attached hydrogen (secondary N) is 1. The van der Waals surface area contributed by atoms with Crippen LogP contribution in [0.3, 0.4) is 0 Å². The molecule has 132 valence electrons. The molecule has 0 spiro atoms. The van der Waals surface area contributed by atoms with E-state index in [1.54, 1.807) is 34.2 Å². The normalized spacial score (nSPS) is 14.5. The molecule has 2 heterocycles. The molecular formula is C18H20FN3O3. The second-order valence-corrected chi connectivity index (χ2v) is 5.90. The fourth-order valence-corrected chi connectivity index (χ4v) is 2.90. The molecular weight excluding hydrogens is 325 g/mol. The van der Waals surface area contributed by atoms with Crippen molar-refractivity contribution in [2.24, 2.45) is 0 Å². The molecule has 7 heteroatoms. The van der Waals surface area contributed by atoms with Gasteiger partial charge in [-0.25, -0.2) is 4.39 Å². The molecule has 0 aliphatic carbocycles. The van der Waals surface area contributed by atoms with Crippen LogP contribution in [0.25, 0.3) is 0 Å². The average molecular weight is 345 g/mol. The second-order valence-electron chi connectivity index (χ2n) is 5.90. The zero-order valence-corrected chi connectivity index (χ0v) is 14.0. The predicted molar refractivity (Wildman–Crippen MR) is 89.9 cm³/mol. The van der Waals surface area contributed by atoms with Gasteiger partial charge in [-0.1, -0.05) is 6.07 Å². The Hall–Kier alpha value is -2.83. The number of aromatic nitrogens is 1. The van der Waals surface area contributed by atoms with Crippen molar-refractivity contribution in [2.45, 2.75) is 6.42 Å². The molecule has 0 unspecified atom stereocenters. The summed E-state index contributed by atoms with van der Waals surface area (Å²) in [6.07, 6.45) is 1.84. The quantitative estimate of drug-likeness (QED) is 0.917. The molecule has 25 heavy (non-hydrogen) atoms. The molecule has 1 aliphatic rings. The van der Waals surface area contributed by atoms with Gasteiger partial charge in [0.1, 0.15) is 5.69 Å². The molecule has 6 nitrogen and oxygen atoms in total. The predicted octanol–water partition coefficient (Wildman–Crippen LogP) is 1.69. The van der Waals surface area contributed by atoms with Crippen molar-refractivity contribution in [2.75, 3.05) is 33.3 Å². The fraction of sp³-hybridized carbons (Fsp3) is 0.333. The number of benzene rings is 1. The number of hydrogen-bond acceptors (Lipinski definition) is 3. The topological polar surface area (TPSA) is 65.6 Å². The van der Waals surface area contributed by atoms with Gasteiger partial charge in [0.25, 0.3) is 5.91 Å². The van der Waals surface area contributed by atoms with E-state index in [0.29, 0.717) is 37.4 Å². The third kappa shape index (κ3) is 3.81. The molecule has 1 aromatic carbocycles. The number of aromatic amines is 1. The number of nitrogens with zero attached hydrogens (tertiary/aromatic N) is 2. The van der Waals surface area contributed by atoms with Crippen molar-refractivity contribution in [3.8, 4) is 5.75 Å². The first kappa shape index (κ1) is 17.0. The van der Waals surface area contributed by atoms with Crippen molar-refractivity contribution in [1.82, 2.24) is 14.8 Å². The summed E-state index contributed by atoms with van der Waals surface area (Å²) >= 11 is 0. The molecule has 2 aromatic rings. The molecule has 0 radical (unpaired) electrons. The lowest BCUT2D eigenvalue weighted by Gasteiger charge is -2.34. The summed E-state index contributed by atoms with van der Waals surface area (Å²) in [5.41, 5.74) is 1.15. The van der Waals surface area contributed by atoms with Crippen LogP contribution in [0.1, 0.15) is 16.1 Å². The first-order chi connectivity index (χ1) is 12.1. The summed E-state index contributed by atoms with van der Waals surface area (Å²) in [5.74, 6) is -0.451. The Morgan fingerprint density at radius 2 is 1.88 bits per heavy atom. The summed E-state index contributed by atoms with van der Waals surface area (Å²) in [4.78, 5) is 31.0. The molecule has 1 fully saturated rings. The van der Waals surface area contributed by atoms with E-state index >= 15 is 0 Å². The van der Waals surface area contributed by atoms with E-state index < -0.39 is 5.82 Å². The van der Waals surface area contributed by atoms with Gasteiger partial charge in [0, 0.05) is 32.4 Å². The van der Waals surface area contributed by atoms with Crippen LogP contribution in [0.2, 0.25) is 0 Å². The number of hydrogen-bond donors (Lipinski definition) is 1. The third-order valence-electron chi connectivity index (χ3n) is 4.32. The Kier molecular flexibility index (Phi) is 5.02. The number of halogens is 1. The molecule has 1 N–H and O–H groups in total. The van der Waals surface area contributed by atoms with Crippen LogP contribution in [0.5, 0.6) is 5.75 Å². The van der Waals surface area contributed by atoms with Crippen LogP contribution in [0.15, 0.2) is 36.5 Å². The Morgan fingerprint density at radius 1 is 1.16 bits per heavy atom. The van der Waals surface area contributed by atoms with Crippen molar-refractivity contribution in [3.63, 3.8) is 0 Å². The van der Waals surface area contributed by atoms with Crippen LogP contribution < -0.4 is 4.74 Å². The Balaban J connectivity index is 1.55. The largest absolute Gasteiger partial charge is 0.494 e. The SMILES string of the molecule is COc1ccc(CC(=O)N2CCN(C(=O)c3ccc[nH]3)CC2)cc1F. The number of carbonyl (C=O) groups is 2. The Labute approximate surface area is 145 Å². The molecule has 2 amide bonds. The number of methoxy groups -OCH3 is 1. The van der Waals surface area contributed by atoms with Crippen LogP contribution >= 0.6 is 0 Å². The lowest BCUT2D eigenvalue weighted by molar-refractivity contribution is -0.131. The van der Waals surface area contributed by atoms with Gasteiger partial charge in [-0.2, -0.15) is 0 Å². The van der Waals surface area contributed by atoms with E-state index in [-0.39, 0.29) is 24.0 Å². The lowest BCUT2D eigenvalue weighted by atomic mass is 10.1. The zero-order valence-electron chi connectivity index (χ0n) is 14.0. The minimum Gasteiger partial charge on any atom is -0.494 e. The van der Waals surface area contributed by atoms with Gasteiger partial charge < -0.3 is 19.5 Å². The van der Waals surface area contributed by atoms with Gasteiger partial charge in [-0.15, -0.1) is 0 Å². The Bertz CT molecular complexity index is 753. The standard InChI is InChI=1S/C18H20FN3O3/c1-25-16-5-4-13(11-14(16)19)12-17(23)21-7-9-22(10-8-21)18(24)15-3-2-6-20-15/h2-6,11,20H,7-10,12H2,1H3. The average Bonchev–Trinajstić information content (AvgIpc) is 3.16. The van der Waals surface area contributed by atoms with Gasteiger partial charge in [0.2, 0.25) is 5.91 Å². The molecule has 1 aliphatic heterocycles. The minimum absolute atomic E-state index is 0.0608. The van der Waals surface area contributed by atoms with Crippen molar-refractivity contribution >= 4 is 11.8 Å². The monoisotopic (exact) mass is 345 g/mol. The van der Waals surface area contributed by atoms with Gasteiger partial charge in [-0.05, 0) is 29.8 Å². The molecule has 3 rings (SSSR count). The highest BCUT2D eigenvalue weighted by atomic mass is 19.1. The highest BCUT2D eigenvalue weighted by Crippen LogP contribution is 2.18. The maximum atomic E-state index is 13.7. The first-order valence-electron chi connectivity index (χ1n) is 8.11. The van der Waals surface area contributed by atoms with Gasteiger partial charge in [-0.3, -0.25) is 9.59 Å². The summed E-state index contributed by atoms with van der Waals surface area (Å²) in [5, 5.41) is 0. The second kappa shape index (κ2) is 7.38. The summed E-state index contributed by atoms with van der Waals surface area (Å²) in [7, 11) is 1.40. The Morgan fingerprint density at radius 3 is 2.48 bits per heavy atom. The highest BCUT2D eigenvalue weighted by Gasteiger charge is 2.25. The number of carbonyl (C=O) groups excluding carboxylic acids is 2. The summed E-state index contributed by atoms with van der Waals surface area (Å²) in [6, 6.07) is 8.04. The lowest BCUT2D eigenvalue weighted by Crippen LogP contribution is -2.51. The van der Waals surface area contributed by atoms with Crippen LogP contribution in [-0.2, 0) is 11.2 Å². The number of piperazine rings is 1.